The van der Waals surface area contributed by atoms with Crippen LogP contribution in [0.5, 0.6) is 11.5 Å². The van der Waals surface area contributed by atoms with Gasteiger partial charge >= 0.3 is 5.97 Å². The Balaban J connectivity index is 1.54. The normalized spacial score (nSPS) is 10.7. The van der Waals surface area contributed by atoms with Gasteiger partial charge in [0.05, 0.1) is 18.2 Å². The third kappa shape index (κ3) is 5.27. The van der Waals surface area contributed by atoms with Gasteiger partial charge in [-0.2, -0.15) is 0 Å². The van der Waals surface area contributed by atoms with Gasteiger partial charge in [-0.3, -0.25) is 9.59 Å². The SMILES string of the molecule is COc1cccc(CNC(=O)c2nc3ccc(F)c(OCc4ccc(C(=O)O)cc4)c3c(=O)[nH]2)c1. The number of aromatic nitrogens is 2. The number of aromatic carboxylic acids is 1. The molecular weight excluding hydrogens is 457 g/mol. The molecule has 0 unspecified atom stereocenters. The van der Waals surface area contributed by atoms with Crippen molar-refractivity contribution in [2.75, 3.05) is 7.11 Å². The average Bonchev–Trinajstić information content (AvgIpc) is 2.87. The second-order valence-corrected chi connectivity index (χ2v) is 7.51. The highest BCUT2D eigenvalue weighted by atomic mass is 19.1. The van der Waals surface area contributed by atoms with Crippen molar-refractivity contribution in [2.45, 2.75) is 13.2 Å². The summed E-state index contributed by atoms with van der Waals surface area (Å²) < 4.78 is 25.2. The maximum absolute atomic E-state index is 14.5. The number of nitrogens with one attached hydrogen (secondary N) is 2. The van der Waals surface area contributed by atoms with Crippen molar-refractivity contribution < 1.29 is 28.6 Å². The minimum Gasteiger partial charge on any atom is -0.497 e. The third-order valence-corrected chi connectivity index (χ3v) is 5.17. The molecule has 0 saturated heterocycles. The van der Waals surface area contributed by atoms with E-state index < -0.39 is 23.3 Å². The van der Waals surface area contributed by atoms with Gasteiger partial charge < -0.3 is 24.9 Å². The highest BCUT2D eigenvalue weighted by molar-refractivity contribution is 5.93. The van der Waals surface area contributed by atoms with Crippen molar-refractivity contribution in [3.05, 3.63) is 99.3 Å². The fourth-order valence-electron chi connectivity index (χ4n) is 3.37. The van der Waals surface area contributed by atoms with Crippen LogP contribution in [-0.4, -0.2) is 34.1 Å². The molecule has 0 saturated carbocycles. The number of amides is 1. The van der Waals surface area contributed by atoms with Crippen LogP contribution in [0.3, 0.4) is 0 Å². The number of carbonyl (C=O) groups is 2. The maximum atomic E-state index is 14.5. The van der Waals surface area contributed by atoms with Crippen LogP contribution >= 0.6 is 0 Å². The lowest BCUT2D eigenvalue weighted by atomic mass is 10.1. The summed E-state index contributed by atoms with van der Waals surface area (Å²) >= 11 is 0. The molecule has 0 radical (unpaired) electrons. The summed E-state index contributed by atoms with van der Waals surface area (Å²) in [6.45, 7) is 0.0639. The molecule has 1 heterocycles. The lowest BCUT2D eigenvalue weighted by Gasteiger charge is -2.11. The summed E-state index contributed by atoms with van der Waals surface area (Å²) in [6, 6.07) is 15.4. The first-order chi connectivity index (χ1) is 16.9. The molecule has 4 aromatic rings. The van der Waals surface area contributed by atoms with Crippen LogP contribution in [0.2, 0.25) is 0 Å². The molecule has 10 heteroatoms. The molecule has 0 atom stereocenters. The molecule has 178 valence electrons. The van der Waals surface area contributed by atoms with E-state index in [-0.39, 0.29) is 41.2 Å². The molecule has 1 amide bonds. The first-order valence-corrected chi connectivity index (χ1v) is 10.4. The van der Waals surface area contributed by atoms with Crippen LogP contribution < -0.4 is 20.3 Å². The van der Waals surface area contributed by atoms with E-state index in [0.29, 0.717) is 11.3 Å². The molecule has 0 spiro atoms. The van der Waals surface area contributed by atoms with Crippen LogP contribution in [0.4, 0.5) is 4.39 Å². The summed E-state index contributed by atoms with van der Waals surface area (Å²) in [5, 5.41) is 11.5. The van der Waals surface area contributed by atoms with Crippen molar-refractivity contribution in [2.24, 2.45) is 0 Å². The number of methoxy groups -OCH3 is 1. The summed E-state index contributed by atoms with van der Waals surface area (Å²) in [4.78, 5) is 42.9. The van der Waals surface area contributed by atoms with E-state index in [9.17, 15) is 18.8 Å². The summed E-state index contributed by atoms with van der Waals surface area (Å²) in [7, 11) is 1.54. The molecular formula is C25H20FN3O6. The number of hydrogen-bond acceptors (Lipinski definition) is 6. The van der Waals surface area contributed by atoms with Crippen molar-refractivity contribution in [3.63, 3.8) is 0 Å². The first kappa shape index (κ1) is 23.4. The van der Waals surface area contributed by atoms with Crippen LogP contribution in [-0.2, 0) is 13.2 Å². The Labute approximate surface area is 198 Å². The lowest BCUT2D eigenvalue weighted by Crippen LogP contribution is -2.27. The predicted molar refractivity (Wildman–Crippen MR) is 124 cm³/mol. The number of H-pyrrole nitrogens is 1. The Morgan fingerprint density at radius 2 is 1.86 bits per heavy atom. The second-order valence-electron chi connectivity index (χ2n) is 7.51. The van der Waals surface area contributed by atoms with Gasteiger partial charge in [0.2, 0.25) is 0 Å². The van der Waals surface area contributed by atoms with Gasteiger partial charge in [0.25, 0.3) is 11.5 Å². The number of hydrogen-bond donors (Lipinski definition) is 3. The van der Waals surface area contributed by atoms with Crippen molar-refractivity contribution in [1.29, 1.82) is 0 Å². The van der Waals surface area contributed by atoms with Crippen molar-refractivity contribution >= 4 is 22.8 Å². The van der Waals surface area contributed by atoms with Gasteiger partial charge in [-0.1, -0.05) is 24.3 Å². The Morgan fingerprint density at radius 1 is 1.09 bits per heavy atom. The van der Waals surface area contributed by atoms with E-state index in [1.807, 2.05) is 0 Å². The zero-order valence-corrected chi connectivity index (χ0v) is 18.5. The van der Waals surface area contributed by atoms with Crippen LogP contribution in [0.15, 0.2) is 65.5 Å². The molecule has 3 N–H and O–H groups in total. The highest BCUT2D eigenvalue weighted by Crippen LogP contribution is 2.26. The van der Waals surface area contributed by atoms with Gasteiger partial charge in [-0.25, -0.2) is 14.2 Å². The molecule has 0 fully saturated rings. The monoisotopic (exact) mass is 477 g/mol. The highest BCUT2D eigenvalue weighted by Gasteiger charge is 2.18. The third-order valence-electron chi connectivity index (χ3n) is 5.17. The van der Waals surface area contributed by atoms with Gasteiger partial charge in [-0.15, -0.1) is 0 Å². The largest absolute Gasteiger partial charge is 0.497 e. The summed E-state index contributed by atoms with van der Waals surface area (Å²) in [5.41, 5.74) is 0.803. The van der Waals surface area contributed by atoms with E-state index in [4.69, 9.17) is 14.6 Å². The molecule has 0 aliphatic heterocycles. The molecule has 3 aromatic carbocycles. The number of fused-ring (bicyclic) bond motifs is 1. The van der Waals surface area contributed by atoms with E-state index in [0.717, 1.165) is 11.6 Å². The molecule has 0 aliphatic rings. The minimum atomic E-state index is -1.07. The smallest absolute Gasteiger partial charge is 0.335 e. The number of carboxylic acids is 1. The summed E-state index contributed by atoms with van der Waals surface area (Å²) in [5.74, 6) is -2.37. The zero-order chi connectivity index (χ0) is 24.9. The van der Waals surface area contributed by atoms with E-state index >= 15 is 0 Å². The molecule has 1 aromatic heterocycles. The molecule has 0 aliphatic carbocycles. The van der Waals surface area contributed by atoms with Gasteiger partial charge in [-0.05, 0) is 47.5 Å². The maximum Gasteiger partial charge on any atom is 0.335 e. The number of ether oxygens (including phenoxy) is 2. The van der Waals surface area contributed by atoms with Gasteiger partial charge in [0.15, 0.2) is 17.4 Å². The Kier molecular flexibility index (Phi) is 6.72. The summed E-state index contributed by atoms with van der Waals surface area (Å²) in [6.07, 6.45) is 0. The van der Waals surface area contributed by atoms with E-state index in [2.05, 4.69) is 15.3 Å². The van der Waals surface area contributed by atoms with Gasteiger partial charge in [0.1, 0.15) is 17.7 Å². The standard InChI is InChI=1S/C25H20FN3O6/c1-34-17-4-2-3-15(11-17)12-27-24(31)22-28-19-10-9-18(26)21(20(19)23(30)29-22)35-13-14-5-7-16(8-6-14)25(32)33/h2-11H,12-13H2,1H3,(H,27,31)(H,32,33)(H,28,29,30). The number of aromatic amines is 1. The van der Waals surface area contributed by atoms with Crippen LogP contribution in [0.25, 0.3) is 10.9 Å². The fourth-order valence-corrected chi connectivity index (χ4v) is 3.37. The first-order valence-electron chi connectivity index (χ1n) is 10.4. The van der Waals surface area contributed by atoms with Gasteiger partial charge in [0, 0.05) is 6.54 Å². The number of carboxylic acid groups (broad SMARTS) is 1. The van der Waals surface area contributed by atoms with Crippen molar-refractivity contribution in [3.8, 4) is 11.5 Å². The quantitative estimate of drug-likeness (QED) is 0.355. The van der Waals surface area contributed by atoms with Crippen LogP contribution in [0, 0.1) is 5.82 Å². The second kappa shape index (κ2) is 10.0. The van der Waals surface area contributed by atoms with E-state index in [1.165, 1.54) is 37.4 Å². The van der Waals surface area contributed by atoms with E-state index in [1.54, 1.807) is 24.3 Å². The number of halogens is 1. The molecule has 9 nitrogen and oxygen atoms in total. The Bertz CT molecular complexity index is 1470. The molecule has 0 bridgehead atoms. The average molecular weight is 477 g/mol. The Morgan fingerprint density at radius 3 is 2.57 bits per heavy atom. The lowest BCUT2D eigenvalue weighted by molar-refractivity contribution is 0.0696. The zero-order valence-electron chi connectivity index (χ0n) is 18.5. The number of benzene rings is 3. The predicted octanol–water partition coefficient (Wildman–Crippen LogP) is 3.28. The number of nitrogens with zero attached hydrogens (tertiary/aromatic N) is 1. The minimum absolute atomic E-state index is 0.0814. The number of rotatable bonds is 8. The van der Waals surface area contributed by atoms with Crippen molar-refractivity contribution in [1.82, 2.24) is 15.3 Å². The number of carbonyl (C=O) groups excluding carboxylic acids is 1. The topological polar surface area (TPSA) is 131 Å². The Hall–Kier alpha value is -4.73. The van der Waals surface area contributed by atoms with Crippen LogP contribution in [0.1, 0.15) is 32.1 Å². The fraction of sp³-hybridized carbons (Fsp3) is 0.120. The molecule has 35 heavy (non-hydrogen) atoms. The molecule has 4 rings (SSSR count).